The SMILES string of the molecule is CCC(C)C(=O)NC(C)(CC)CN. The van der Waals surface area contributed by atoms with Crippen molar-refractivity contribution in [3.8, 4) is 0 Å². The molecule has 3 N–H and O–H groups in total. The minimum atomic E-state index is -0.236. The first-order valence-electron chi connectivity index (χ1n) is 5.01. The predicted molar refractivity (Wildman–Crippen MR) is 55.3 cm³/mol. The quantitative estimate of drug-likeness (QED) is 0.679. The molecule has 78 valence electrons. The molecule has 0 aromatic rings. The van der Waals surface area contributed by atoms with Gasteiger partial charge in [0.25, 0.3) is 0 Å². The lowest BCUT2D eigenvalue weighted by atomic mass is 9.97. The Morgan fingerprint density at radius 2 is 2.08 bits per heavy atom. The van der Waals surface area contributed by atoms with E-state index in [0.29, 0.717) is 6.54 Å². The Kier molecular flexibility index (Phi) is 4.99. The predicted octanol–water partition coefficient (Wildman–Crippen LogP) is 1.28. The number of nitrogens with two attached hydrogens (primary N) is 1. The Morgan fingerprint density at radius 1 is 1.54 bits per heavy atom. The molecule has 0 aromatic carbocycles. The molecule has 3 nitrogen and oxygen atoms in total. The molecule has 0 saturated carbocycles. The van der Waals surface area contributed by atoms with E-state index >= 15 is 0 Å². The third-order valence-electron chi connectivity index (χ3n) is 2.72. The van der Waals surface area contributed by atoms with E-state index in [0.717, 1.165) is 12.8 Å². The van der Waals surface area contributed by atoms with Gasteiger partial charge in [0.15, 0.2) is 0 Å². The van der Waals surface area contributed by atoms with E-state index in [2.05, 4.69) is 5.32 Å². The zero-order valence-corrected chi connectivity index (χ0v) is 9.18. The summed E-state index contributed by atoms with van der Waals surface area (Å²) >= 11 is 0. The van der Waals surface area contributed by atoms with Crippen LogP contribution in [0.5, 0.6) is 0 Å². The lowest BCUT2D eigenvalue weighted by molar-refractivity contribution is -0.126. The summed E-state index contributed by atoms with van der Waals surface area (Å²) in [7, 11) is 0. The number of hydrogen-bond acceptors (Lipinski definition) is 2. The van der Waals surface area contributed by atoms with Gasteiger partial charge >= 0.3 is 0 Å². The first-order chi connectivity index (χ1) is 5.99. The van der Waals surface area contributed by atoms with Gasteiger partial charge in [0.05, 0.1) is 0 Å². The molecule has 0 aliphatic carbocycles. The van der Waals surface area contributed by atoms with Crippen LogP contribution in [0.3, 0.4) is 0 Å². The second-order valence-corrected chi connectivity index (χ2v) is 3.92. The second-order valence-electron chi connectivity index (χ2n) is 3.92. The fraction of sp³-hybridized carbons (Fsp3) is 0.900. The van der Waals surface area contributed by atoms with E-state index in [9.17, 15) is 4.79 Å². The molecule has 0 heterocycles. The molecule has 0 aliphatic rings. The largest absolute Gasteiger partial charge is 0.349 e. The summed E-state index contributed by atoms with van der Waals surface area (Å²) in [6.07, 6.45) is 1.74. The molecule has 13 heavy (non-hydrogen) atoms. The van der Waals surface area contributed by atoms with Crippen LogP contribution in [-0.4, -0.2) is 18.0 Å². The van der Waals surface area contributed by atoms with Crippen LogP contribution in [0, 0.1) is 5.92 Å². The fourth-order valence-electron chi connectivity index (χ4n) is 0.890. The molecule has 0 fully saturated rings. The average Bonchev–Trinajstić information content (AvgIpc) is 2.16. The van der Waals surface area contributed by atoms with Crippen molar-refractivity contribution in [1.82, 2.24) is 5.32 Å². The van der Waals surface area contributed by atoms with Crippen molar-refractivity contribution in [3.05, 3.63) is 0 Å². The van der Waals surface area contributed by atoms with E-state index in [4.69, 9.17) is 5.73 Å². The van der Waals surface area contributed by atoms with E-state index < -0.39 is 0 Å². The van der Waals surface area contributed by atoms with E-state index in [-0.39, 0.29) is 17.4 Å². The number of carbonyl (C=O) groups is 1. The van der Waals surface area contributed by atoms with Crippen molar-refractivity contribution in [2.24, 2.45) is 11.7 Å². The van der Waals surface area contributed by atoms with Gasteiger partial charge in [-0.25, -0.2) is 0 Å². The minimum Gasteiger partial charge on any atom is -0.349 e. The maximum atomic E-state index is 11.5. The van der Waals surface area contributed by atoms with Crippen molar-refractivity contribution in [1.29, 1.82) is 0 Å². The molecule has 0 bridgehead atoms. The highest BCUT2D eigenvalue weighted by Crippen LogP contribution is 2.09. The van der Waals surface area contributed by atoms with Crippen LogP contribution < -0.4 is 11.1 Å². The highest BCUT2D eigenvalue weighted by atomic mass is 16.2. The van der Waals surface area contributed by atoms with E-state index in [1.807, 2.05) is 27.7 Å². The van der Waals surface area contributed by atoms with Gasteiger partial charge in [-0.05, 0) is 19.8 Å². The minimum absolute atomic E-state index is 0.0809. The molecule has 0 saturated heterocycles. The molecule has 1 amide bonds. The highest BCUT2D eigenvalue weighted by molar-refractivity contribution is 5.78. The molecular weight excluding hydrogens is 164 g/mol. The van der Waals surface area contributed by atoms with Crippen LogP contribution in [0.1, 0.15) is 40.5 Å². The standard InChI is InChI=1S/C10H22N2O/c1-5-8(3)9(13)12-10(4,6-2)7-11/h8H,5-7,11H2,1-4H3,(H,12,13). The van der Waals surface area contributed by atoms with Gasteiger partial charge < -0.3 is 11.1 Å². The topological polar surface area (TPSA) is 55.1 Å². The summed E-state index contributed by atoms with van der Waals surface area (Å²) in [6.45, 7) is 8.45. The lowest BCUT2D eigenvalue weighted by Gasteiger charge is -2.29. The number of carbonyl (C=O) groups excluding carboxylic acids is 1. The zero-order valence-electron chi connectivity index (χ0n) is 9.18. The molecule has 0 aromatic heterocycles. The molecule has 0 rings (SSSR count). The average molecular weight is 186 g/mol. The molecule has 2 unspecified atom stereocenters. The summed E-state index contributed by atoms with van der Waals surface area (Å²) in [6, 6.07) is 0. The van der Waals surface area contributed by atoms with Gasteiger partial charge in [-0.1, -0.05) is 20.8 Å². The Hall–Kier alpha value is -0.570. The van der Waals surface area contributed by atoms with Crippen LogP contribution in [0.4, 0.5) is 0 Å². The third kappa shape index (κ3) is 3.77. The van der Waals surface area contributed by atoms with Gasteiger partial charge in [0.1, 0.15) is 0 Å². The van der Waals surface area contributed by atoms with Crippen molar-refractivity contribution in [2.45, 2.75) is 46.1 Å². The Morgan fingerprint density at radius 3 is 2.38 bits per heavy atom. The zero-order chi connectivity index (χ0) is 10.5. The highest BCUT2D eigenvalue weighted by Gasteiger charge is 2.24. The molecule has 0 aliphatic heterocycles. The maximum Gasteiger partial charge on any atom is 0.223 e. The van der Waals surface area contributed by atoms with Crippen molar-refractivity contribution in [3.63, 3.8) is 0 Å². The number of amides is 1. The smallest absolute Gasteiger partial charge is 0.223 e. The van der Waals surface area contributed by atoms with E-state index in [1.54, 1.807) is 0 Å². The van der Waals surface area contributed by atoms with Crippen LogP contribution >= 0.6 is 0 Å². The lowest BCUT2D eigenvalue weighted by Crippen LogP contribution is -2.52. The fourth-order valence-corrected chi connectivity index (χ4v) is 0.890. The van der Waals surface area contributed by atoms with Gasteiger partial charge in [0, 0.05) is 18.0 Å². The molecule has 0 radical (unpaired) electrons. The Labute approximate surface area is 81.1 Å². The Balaban J connectivity index is 4.17. The molecule has 2 atom stereocenters. The number of nitrogens with one attached hydrogen (secondary N) is 1. The second kappa shape index (κ2) is 5.22. The van der Waals surface area contributed by atoms with Crippen molar-refractivity contribution >= 4 is 5.91 Å². The normalized spacial score (nSPS) is 17.6. The van der Waals surface area contributed by atoms with Crippen molar-refractivity contribution < 1.29 is 4.79 Å². The van der Waals surface area contributed by atoms with Crippen LogP contribution in [0.25, 0.3) is 0 Å². The third-order valence-corrected chi connectivity index (χ3v) is 2.72. The van der Waals surface area contributed by atoms with Gasteiger partial charge in [-0.15, -0.1) is 0 Å². The van der Waals surface area contributed by atoms with Crippen molar-refractivity contribution in [2.75, 3.05) is 6.54 Å². The number of hydrogen-bond donors (Lipinski definition) is 2. The van der Waals surface area contributed by atoms with Crippen LogP contribution in [0.15, 0.2) is 0 Å². The summed E-state index contributed by atoms with van der Waals surface area (Å²) < 4.78 is 0. The van der Waals surface area contributed by atoms with Crippen LogP contribution in [0.2, 0.25) is 0 Å². The first-order valence-corrected chi connectivity index (χ1v) is 5.01. The number of rotatable bonds is 5. The summed E-state index contributed by atoms with van der Waals surface area (Å²) in [5.74, 6) is 0.190. The monoisotopic (exact) mass is 186 g/mol. The Bertz CT molecular complexity index is 164. The summed E-state index contributed by atoms with van der Waals surface area (Å²) in [5, 5.41) is 2.98. The summed E-state index contributed by atoms with van der Waals surface area (Å²) in [5.41, 5.74) is 5.36. The van der Waals surface area contributed by atoms with Gasteiger partial charge in [-0.3, -0.25) is 4.79 Å². The summed E-state index contributed by atoms with van der Waals surface area (Å²) in [4.78, 5) is 11.5. The molecule has 0 spiro atoms. The first kappa shape index (κ1) is 12.4. The van der Waals surface area contributed by atoms with Crippen LogP contribution in [-0.2, 0) is 4.79 Å². The molecular formula is C10H22N2O. The van der Waals surface area contributed by atoms with Gasteiger partial charge in [0.2, 0.25) is 5.91 Å². The maximum absolute atomic E-state index is 11.5. The van der Waals surface area contributed by atoms with E-state index in [1.165, 1.54) is 0 Å². The molecule has 3 heteroatoms. The van der Waals surface area contributed by atoms with Gasteiger partial charge in [-0.2, -0.15) is 0 Å².